The summed E-state index contributed by atoms with van der Waals surface area (Å²) in [5.74, 6) is -3.18. The van der Waals surface area contributed by atoms with Gasteiger partial charge < -0.3 is 20.5 Å². The topological polar surface area (TPSA) is 110 Å². The number of amides is 1. The molecule has 1 saturated heterocycles. The second-order valence-electron chi connectivity index (χ2n) is 8.97. The molecule has 2 aliphatic rings. The van der Waals surface area contributed by atoms with E-state index in [2.05, 4.69) is 0 Å². The summed E-state index contributed by atoms with van der Waals surface area (Å²) >= 11 is 0. The summed E-state index contributed by atoms with van der Waals surface area (Å²) in [4.78, 5) is 39.7. The van der Waals surface area contributed by atoms with Crippen LogP contribution < -0.4 is 5.73 Å². The predicted molar refractivity (Wildman–Crippen MR) is 119 cm³/mol. The first kappa shape index (κ1) is 22.0. The number of hydrogen-bond donors (Lipinski definition) is 2. The number of rotatable bonds is 7. The molecule has 3 N–H and O–H groups in total. The molecule has 0 aromatic heterocycles. The van der Waals surface area contributed by atoms with Crippen LogP contribution in [0, 0.1) is 5.92 Å². The fraction of sp³-hybridized carbons (Fsp3) is 0.400. The first-order valence-corrected chi connectivity index (χ1v) is 10.9. The van der Waals surface area contributed by atoms with Gasteiger partial charge in [0.1, 0.15) is 6.61 Å². The van der Waals surface area contributed by atoms with Crippen molar-refractivity contribution in [2.75, 3.05) is 13.2 Å². The SMILES string of the molecule is CC(C)CC(C(=O)O)(C(=O)OCC1c2ccccc2-c2ccccc21)N1CCC(N)C1=O. The second-order valence-corrected chi connectivity index (χ2v) is 8.97. The van der Waals surface area contributed by atoms with Crippen LogP contribution in [0.4, 0.5) is 0 Å². The van der Waals surface area contributed by atoms with Crippen LogP contribution in [0.5, 0.6) is 0 Å². The Kier molecular flexibility index (Phi) is 5.77. The molecular weight excluding hydrogens is 408 g/mol. The molecule has 4 rings (SSSR count). The van der Waals surface area contributed by atoms with Gasteiger partial charge in [-0.25, -0.2) is 9.59 Å². The minimum absolute atomic E-state index is 0.00588. The van der Waals surface area contributed by atoms with Crippen LogP contribution in [0.2, 0.25) is 0 Å². The van der Waals surface area contributed by atoms with Crippen LogP contribution in [0.15, 0.2) is 48.5 Å². The van der Waals surface area contributed by atoms with Gasteiger partial charge in [-0.15, -0.1) is 0 Å². The van der Waals surface area contributed by atoms with Gasteiger partial charge in [0.2, 0.25) is 11.4 Å². The summed E-state index contributed by atoms with van der Waals surface area (Å²) in [6.45, 7) is 3.74. The lowest BCUT2D eigenvalue weighted by Crippen LogP contribution is -2.63. The lowest BCUT2D eigenvalue weighted by atomic mass is 9.87. The molecule has 2 atom stereocenters. The molecule has 7 nitrogen and oxygen atoms in total. The van der Waals surface area contributed by atoms with E-state index < -0.39 is 29.4 Å². The van der Waals surface area contributed by atoms with Gasteiger partial charge >= 0.3 is 11.9 Å². The number of carboxylic acids is 1. The van der Waals surface area contributed by atoms with Gasteiger partial charge in [-0.2, -0.15) is 0 Å². The Morgan fingerprint density at radius 1 is 1.12 bits per heavy atom. The zero-order chi connectivity index (χ0) is 23.0. The molecule has 0 saturated carbocycles. The number of hydrogen-bond acceptors (Lipinski definition) is 5. The van der Waals surface area contributed by atoms with Crippen molar-refractivity contribution in [2.24, 2.45) is 11.7 Å². The van der Waals surface area contributed by atoms with Crippen LogP contribution in [-0.4, -0.2) is 52.6 Å². The highest BCUT2D eigenvalue weighted by Gasteiger charge is 2.57. The maximum absolute atomic E-state index is 13.4. The molecule has 7 heteroatoms. The number of nitrogens with two attached hydrogens (primary N) is 1. The largest absolute Gasteiger partial charge is 0.479 e. The number of carbonyl (C=O) groups excluding carboxylic acids is 2. The molecule has 1 aliphatic heterocycles. The minimum Gasteiger partial charge on any atom is -0.479 e. The van der Waals surface area contributed by atoms with Crippen molar-refractivity contribution in [3.63, 3.8) is 0 Å². The molecule has 0 bridgehead atoms. The molecule has 1 fully saturated rings. The van der Waals surface area contributed by atoms with Crippen molar-refractivity contribution in [3.8, 4) is 11.1 Å². The van der Waals surface area contributed by atoms with E-state index in [-0.39, 0.29) is 31.4 Å². The molecule has 2 aromatic carbocycles. The Morgan fingerprint density at radius 2 is 1.69 bits per heavy atom. The number of fused-ring (bicyclic) bond motifs is 3. The predicted octanol–water partition coefficient (Wildman–Crippen LogP) is 2.77. The smallest absolute Gasteiger partial charge is 0.343 e. The van der Waals surface area contributed by atoms with Gasteiger partial charge in [0, 0.05) is 12.5 Å². The van der Waals surface area contributed by atoms with E-state index in [9.17, 15) is 19.5 Å². The van der Waals surface area contributed by atoms with Crippen LogP contribution >= 0.6 is 0 Å². The van der Waals surface area contributed by atoms with Crippen molar-refractivity contribution >= 4 is 17.8 Å². The first-order chi connectivity index (χ1) is 15.3. The van der Waals surface area contributed by atoms with E-state index in [1.807, 2.05) is 62.4 Å². The number of carbonyl (C=O) groups is 3. The Morgan fingerprint density at radius 3 is 2.16 bits per heavy atom. The molecule has 168 valence electrons. The monoisotopic (exact) mass is 436 g/mol. The van der Waals surface area contributed by atoms with E-state index in [0.29, 0.717) is 6.42 Å². The number of aliphatic carboxylic acids is 1. The third-order valence-corrected chi connectivity index (χ3v) is 6.45. The fourth-order valence-electron chi connectivity index (χ4n) is 4.98. The van der Waals surface area contributed by atoms with E-state index in [1.165, 1.54) is 0 Å². The van der Waals surface area contributed by atoms with Crippen molar-refractivity contribution in [1.82, 2.24) is 4.90 Å². The van der Waals surface area contributed by atoms with Crippen LogP contribution in [0.1, 0.15) is 43.7 Å². The quantitative estimate of drug-likeness (QED) is 0.510. The summed E-state index contributed by atoms with van der Waals surface area (Å²) < 4.78 is 5.71. The first-order valence-electron chi connectivity index (χ1n) is 10.9. The highest BCUT2D eigenvalue weighted by atomic mass is 16.5. The van der Waals surface area contributed by atoms with Crippen molar-refractivity contribution in [3.05, 3.63) is 59.7 Å². The third kappa shape index (κ3) is 3.46. The fourth-order valence-corrected chi connectivity index (χ4v) is 4.98. The molecule has 1 heterocycles. The second kappa shape index (κ2) is 8.39. The summed E-state index contributed by atoms with van der Waals surface area (Å²) in [5.41, 5.74) is 7.98. The van der Waals surface area contributed by atoms with Crippen LogP contribution in [0.25, 0.3) is 11.1 Å². The molecule has 1 aliphatic carbocycles. The number of nitrogens with zero attached hydrogens (tertiary/aromatic N) is 1. The van der Waals surface area contributed by atoms with E-state index in [0.717, 1.165) is 27.2 Å². The van der Waals surface area contributed by atoms with Crippen molar-refractivity contribution in [2.45, 2.75) is 44.2 Å². The van der Waals surface area contributed by atoms with E-state index >= 15 is 0 Å². The Balaban J connectivity index is 1.65. The van der Waals surface area contributed by atoms with E-state index in [4.69, 9.17) is 10.5 Å². The Bertz CT molecular complexity index is 1020. The standard InChI is InChI=1S/C25H28N2O5/c1-15(2)13-25(23(29)30,27-12-11-21(26)22(27)28)24(31)32-14-20-18-9-5-3-7-16(18)17-8-4-6-10-19(17)20/h3-10,15,20-21H,11-14,26H2,1-2H3,(H,29,30). The summed E-state index contributed by atoms with van der Waals surface area (Å²) in [6, 6.07) is 15.0. The number of carboxylic acid groups (broad SMARTS) is 1. The molecule has 2 unspecified atom stereocenters. The molecule has 0 spiro atoms. The molecule has 1 amide bonds. The molecule has 2 aromatic rings. The third-order valence-electron chi connectivity index (χ3n) is 6.45. The maximum atomic E-state index is 13.4. The molecule has 32 heavy (non-hydrogen) atoms. The van der Waals surface area contributed by atoms with Gasteiger partial charge in [0.15, 0.2) is 0 Å². The Labute approximate surface area is 187 Å². The molecule has 0 radical (unpaired) electrons. The number of benzene rings is 2. The summed E-state index contributed by atoms with van der Waals surface area (Å²) in [7, 11) is 0. The van der Waals surface area contributed by atoms with Crippen molar-refractivity contribution in [1.29, 1.82) is 0 Å². The average molecular weight is 437 g/mol. The summed E-state index contributed by atoms with van der Waals surface area (Å²) in [6.07, 6.45) is 0.264. The Hall–Kier alpha value is -3.19. The number of ether oxygens (including phenoxy) is 1. The van der Waals surface area contributed by atoms with Gasteiger partial charge in [-0.3, -0.25) is 4.79 Å². The van der Waals surface area contributed by atoms with E-state index in [1.54, 1.807) is 0 Å². The summed E-state index contributed by atoms with van der Waals surface area (Å²) in [5, 5.41) is 10.2. The average Bonchev–Trinajstić information content (AvgIpc) is 3.27. The van der Waals surface area contributed by atoms with Gasteiger partial charge in [0.05, 0.1) is 6.04 Å². The highest BCUT2D eigenvalue weighted by molar-refractivity contribution is 6.08. The lowest BCUT2D eigenvalue weighted by Gasteiger charge is -2.37. The van der Waals surface area contributed by atoms with Gasteiger partial charge in [-0.1, -0.05) is 62.4 Å². The highest BCUT2D eigenvalue weighted by Crippen LogP contribution is 2.44. The van der Waals surface area contributed by atoms with Gasteiger partial charge in [0.25, 0.3) is 0 Å². The van der Waals surface area contributed by atoms with Crippen LogP contribution in [0.3, 0.4) is 0 Å². The number of esters is 1. The number of likely N-dealkylation sites (tertiary alicyclic amines) is 1. The molecular formula is C25H28N2O5. The zero-order valence-electron chi connectivity index (χ0n) is 18.3. The minimum atomic E-state index is -2.09. The van der Waals surface area contributed by atoms with Crippen LogP contribution in [-0.2, 0) is 19.1 Å². The zero-order valence-corrected chi connectivity index (χ0v) is 18.3. The van der Waals surface area contributed by atoms with Gasteiger partial charge in [-0.05, 0) is 41.0 Å². The maximum Gasteiger partial charge on any atom is 0.343 e. The van der Waals surface area contributed by atoms with Crippen molar-refractivity contribution < 1.29 is 24.2 Å². The normalized spacial score (nSPS) is 19.6. The lowest BCUT2D eigenvalue weighted by molar-refractivity contribution is -0.176.